The van der Waals surface area contributed by atoms with E-state index in [4.69, 9.17) is 0 Å². The van der Waals surface area contributed by atoms with Crippen molar-refractivity contribution in [3.63, 3.8) is 0 Å². The van der Waals surface area contributed by atoms with E-state index in [0.717, 1.165) is 29.6 Å². The van der Waals surface area contributed by atoms with Gasteiger partial charge in [-0.15, -0.1) is 0 Å². The minimum atomic E-state index is -0.235. The molecule has 4 rings (SSSR count). The van der Waals surface area contributed by atoms with Crippen molar-refractivity contribution in [2.24, 2.45) is 0 Å². The Labute approximate surface area is 139 Å². The fraction of sp³-hybridized carbons (Fsp3) is 0.389. The monoisotopic (exact) mass is 324 g/mol. The van der Waals surface area contributed by atoms with Crippen molar-refractivity contribution in [1.82, 2.24) is 19.5 Å². The molecule has 0 spiro atoms. The maximum Gasteiger partial charge on any atom is 0.291 e. The summed E-state index contributed by atoms with van der Waals surface area (Å²) in [4.78, 5) is 24.9. The molecule has 0 atom stereocenters. The van der Waals surface area contributed by atoms with Crippen LogP contribution in [0.15, 0.2) is 35.1 Å². The first kappa shape index (κ1) is 14.9. The molecule has 1 amide bonds. The molecule has 1 aliphatic carbocycles. The Bertz CT molecular complexity index is 995. The fourth-order valence-electron chi connectivity index (χ4n) is 3.02. The van der Waals surface area contributed by atoms with Gasteiger partial charge in [0, 0.05) is 17.3 Å². The standard InChI is InChI=1S/C18H20N4O2/c1-11(2)17-20-21(10-16(23)19-13-7-8-13)18(24)15-9-12-5-3-4-6-14(12)22(15)17/h3-6,9,11,13H,7-8,10H2,1-2H3,(H,19,23). The molecule has 1 aliphatic rings. The summed E-state index contributed by atoms with van der Waals surface area (Å²) in [6, 6.07) is 10.0. The summed E-state index contributed by atoms with van der Waals surface area (Å²) in [6.07, 6.45) is 2.04. The predicted octanol–water partition coefficient (Wildman–Crippen LogP) is 2.05. The summed E-state index contributed by atoms with van der Waals surface area (Å²) < 4.78 is 3.21. The molecular formula is C18H20N4O2. The van der Waals surface area contributed by atoms with E-state index in [9.17, 15) is 9.59 Å². The number of amides is 1. The fourth-order valence-corrected chi connectivity index (χ4v) is 3.02. The third kappa shape index (κ3) is 2.48. The van der Waals surface area contributed by atoms with Crippen LogP contribution >= 0.6 is 0 Å². The van der Waals surface area contributed by atoms with Gasteiger partial charge in [0.05, 0.1) is 5.52 Å². The highest BCUT2D eigenvalue weighted by Crippen LogP contribution is 2.22. The topological polar surface area (TPSA) is 68.4 Å². The molecule has 1 fully saturated rings. The van der Waals surface area contributed by atoms with Crippen LogP contribution in [0.3, 0.4) is 0 Å². The Morgan fingerprint density at radius 1 is 1.29 bits per heavy atom. The summed E-state index contributed by atoms with van der Waals surface area (Å²) in [6.45, 7) is 4.04. The van der Waals surface area contributed by atoms with Crippen LogP contribution in [-0.4, -0.2) is 26.1 Å². The van der Waals surface area contributed by atoms with Gasteiger partial charge in [0.25, 0.3) is 5.56 Å². The van der Waals surface area contributed by atoms with Crippen molar-refractivity contribution in [1.29, 1.82) is 0 Å². The van der Waals surface area contributed by atoms with Gasteiger partial charge in [-0.05, 0) is 25.0 Å². The first-order valence-corrected chi connectivity index (χ1v) is 8.35. The number of hydrogen-bond acceptors (Lipinski definition) is 3. The number of para-hydroxylation sites is 1. The molecule has 0 unspecified atom stereocenters. The van der Waals surface area contributed by atoms with Crippen LogP contribution in [0.2, 0.25) is 0 Å². The van der Waals surface area contributed by atoms with E-state index in [1.807, 2.05) is 48.6 Å². The average Bonchev–Trinajstić information content (AvgIpc) is 3.27. The molecule has 2 aromatic heterocycles. The molecule has 1 aromatic carbocycles. The molecule has 3 aromatic rings. The zero-order valence-electron chi connectivity index (χ0n) is 13.8. The Balaban J connectivity index is 1.89. The number of hydrogen-bond donors (Lipinski definition) is 1. The molecule has 124 valence electrons. The molecule has 1 N–H and O–H groups in total. The van der Waals surface area contributed by atoms with E-state index < -0.39 is 0 Å². The SMILES string of the molecule is CC(C)c1nn(CC(=O)NC2CC2)c(=O)c2cc3ccccc3n12. The predicted molar refractivity (Wildman–Crippen MR) is 92.2 cm³/mol. The Morgan fingerprint density at radius 3 is 2.75 bits per heavy atom. The minimum Gasteiger partial charge on any atom is -0.352 e. The van der Waals surface area contributed by atoms with Crippen molar-refractivity contribution in [3.8, 4) is 0 Å². The second-order valence-corrected chi connectivity index (χ2v) is 6.74. The molecule has 0 aliphatic heterocycles. The van der Waals surface area contributed by atoms with E-state index >= 15 is 0 Å². The van der Waals surface area contributed by atoms with Gasteiger partial charge in [0.15, 0.2) is 0 Å². The van der Waals surface area contributed by atoms with E-state index in [0.29, 0.717) is 5.52 Å². The van der Waals surface area contributed by atoms with Crippen LogP contribution in [0.25, 0.3) is 16.4 Å². The number of benzene rings is 1. The van der Waals surface area contributed by atoms with Crippen LogP contribution in [0, 0.1) is 0 Å². The lowest BCUT2D eigenvalue weighted by molar-refractivity contribution is -0.122. The lowest BCUT2D eigenvalue weighted by Gasteiger charge is -2.13. The van der Waals surface area contributed by atoms with Crippen LogP contribution in [0.5, 0.6) is 0 Å². The van der Waals surface area contributed by atoms with Crippen LogP contribution < -0.4 is 10.9 Å². The molecule has 0 bridgehead atoms. The highest BCUT2D eigenvalue weighted by Gasteiger charge is 2.24. The summed E-state index contributed by atoms with van der Waals surface area (Å²) in [5.74, 6) is 0.758. The molecule has 1 saturated carbocycles. The highest BCUT2D eigenvalue weighted by atomic mass is 16.2. The highest BCUT2D eigenvalue weighted by molar-refractivity contribution is 5.87. The van der Waals surface area contributed by atoms with Crippen LogP contribution in [0.1, 0.15) is 38.4 Å². The summed E-state index contributed by atoms with van der Waals surface area (Å²) in [7, 11) is 0. The van der Waals surface area contributed by atoms with Gasteiger partial charge in [-0.3, -0.25) is 14.0 Å². The molecule has 2 heterocycles. The van der Waals surface area contributed by atoms with Gasteiger partial charge < -0.3 is 5.32 Å². The van der Waals surface area contributed by atoms with Gasteiger partial charge >= 0.3 is 0 Å². The molecular weight excluding hydrogens is 304 g/mol. The van der Waals surface area contributed by atoms with E-state index in [-0.39, 0.29) is 30.0 Å². The third-order valence-electron chi connectivity index (χ3n) is 4.37. The van der Waals surface area contributed by atoms with Crippen molar-refractivity contribution in [2.75, 3.05) is 0 Å². The van der Waals surface area contributed by atoms with Crippen molar-refractivity contribution in [2.45, 2.75) is 45.2 Å². The largest absolute Gasteiger partial charge is 0.352 e. The maximum absolute atomic E-state index is 12.8. The van der Waals surface area contributed by atoms with Crippen molar-refractivity contribution >= 4 is 22.3 Å². The van der Waals surface area contributed by atoms with Gasteiger partial charge in [-0.25, -0.2) is 4.68 Å². The Hall–Kier alpha value is -2.63. The first-order valence-electron chi connectivity index (χ1n) is 8.35. The average molecular weight is 324 g/mol. The van der Waals surface area contributed by atoms with Gasteiger partial charge in [-0.1, -0.05) is 32.0 Å². The molecule has 0 saturated heterocycles. The zero-order valence-corrected chi connectivity index (χ0v) is 13.8. The summed E-state index contributed by atoms with van der Waals surface area (Å²) >= 11 is 0. The number of fused-ring (bicyclic) bond motifs is 3. The number of nitrogens with zero attached hydrogens (tertiary/aromatic N) is 3. The Kier molecular flexibility index (Phi) is 3.40. The Morgan fingerprint density at radius 2 is 2.04 bits per heavy atom. The van der Waals surface area contributed by atoms with E-state index in [2.05, 4.69) is 10.4 Å². The summed E-state index contributed by atoms with van der Waals surface area (Å²) in [5, 5.41) is 8.40. The first-order chi connectivity index (χ1) is 11.5. The van der Waals surface area contributed by atoms with Gasteiger partial charge in [0.2, 0.25) is 5.91 Å². The number of aromatic nitrogens is 3. The second-order valence-electron chi connectivity index (χ2n) is 6.74. The number of carbonyl (C=O) groups excluding carboxylic acids is 1. The van der Waals surface area contributed by atoms with Crippen molar-refractivity contribution < 1.29 is 4.79 Å². The normalized spacial score (nSPS) is 14.6. The molecule has 6 nitrogen and oxygen atoms in total. The van der Waals surface area contributed by atoms with Crippen LogP contribution in [0.4, 0.5) is 0 Å². The quantitative estimate of drug-likeness (QED) is 0.798. The second kappa shape index (κ2) is 5.47. The van der Waals surface area contributed by atoms with E-state index in [1.54, 1.807) is 0 Å². The number of rotatable bonds is 4. The number of nitrogens with one attached hydrogen (secondary N) is 1. The lowest BCUT2D eigenvalue weighted by Crippen LogP contribution is -2.36. The van der Waals surface area contributed by atoms with Crippen molar-refractivity contribution in [3.05, 3.63) is 46.5 Å². The third-order valence-corrected chi connectivity index (χ3v) is 4.37. The molecule has 24 heavy (non-hydrogen) atoms. The minimum absolute atomic E-state index is 0.0346. The molecule has 0 radical (unpaired) electrons. The smallest absolute Gasteiger partial charge is 0.291 e. The van der Waals surface area contributed by atoms with E-state index in [1.165, 1.54) is 4.68 Å². The molecule has 6 heteroatoms. The maximum atomic E-state index is 12.8. The summed E-state index contributed by atoms with van der Waals surface area (Å²) in [5.41, 5.74) is 1.30. The number of carbonyl (C=O) groups is 1. The van der Waals surface area contributed by atoms with Gasteiger partial charge in [0.1, 0.15) is 17.9 Å². The van der Waals surface area contributed by atoms with Crippen LogP contribution in [-0.2, 0) is 11.3 Å². The lowest BCUT2D eigenvalue weighted by atomic mass is 10.2. The van der Waals surface area contributed by atoms with Gasteiger partial charge in [-0.2, -0.15) is 5.10 Å². The zero-order chi connectivity index (χ0) is 16.8.